The number of hydrogen-bond acceptors (Lipinski definition) is 1. The molecule has 3 unspecified atom stereocenters. The van der Waals surface area contributed by atoms with Crippen molar-refractivity contribution >= 4 is 48.3 Å². The molecular weight excluding hydrogens is 389 g/mol. The van der Waals surface area contributed by atoms with E-state index in [9.17, 15) is 9.90 Å². The fraction of sp³-hybridized carbons (Fsp3) is 0.136. The van der Waals surface area contributed by atoms with Gasteiger partial charge in [-0.3, -0.25) is 4.79 Å². The molecule has 0 fully saturated rings. The highest BCUT2D eigenvalue weighted by molar-refractivity contribution is 7.68. The van der Waals surface area contributed by atoms with Gasteiger partial charge in [-0.2, -0.15) is 0 Å². The number of carboxylic acids is 1. The van der Waals surface area contributed by atoms with Crippen LogP contribution in [0.3, 0.4) is 0 Å². The molecule has 0 radical (unpaired) electrons. The molecule has 3 aromatic rings. The van der Waals surface area contributed by atoms with Crippen LogP contribution in [-0.4, -0.2) is 16.0 Å². The molecular formula is C22H25O2P3. The maximum Gasteiger partial charge on any atom is 0.318 e. The van der Waals surface area contributed by atoms with Crippen LogP contribution in [-0.2, 0) is 4.79 Å². The normalized spacial score (nSPS) is 13.3. The summed E-state index contributed by atoms with van der Waals surface area (Å²) in [6, 6.07) is 30.0. The molecule has 0 aliphatic carbocycles. The summed E-state index contributed by atoms with van der Waals surface area (Å²) in [6.07, 6.45) is 0.642. The average Bonchev–Trinajstić information content (AvgIpc) is 2.70. The third-order valence-corrected chi connectivity index (χ3v) is 8.33. The molecule has 5 heteroatoms. The summed E-state index contributed by atoms with van der Waals surface area (Å²) in [6.45, 7) is 1.97. The van der Waals surface area contributed by atoms with Crippen LogP contribution in [0, 0.1) is 0 Å². The van der Waals surface area contributed by atoms with E-state index in [4.69, 9.17) is 0 Å². The van der Waals surface area contributed by atoms with Gasteiger partial charge in [0, 0.05) is 0 Å². The van der Waals surface area contributed by atoms with Crippen molar-refractivity contribution in [2.45, 2.75) is 18.2 Å². The molecule has 0 saturated carbocycles. The van der Waals surface area contributed by atoms with Crippen molar-refractivity contribution in [1.29, 1.82) is 0 Å². The molecule has 3 rings (SSSR count). The largest absolute Gasteiger partial charge is 0.480 e. The van der Waals surface area contributed by atoms with Crippen LogP contribution >= 0.6 is 26.4 Å². The smallest absolute Gasteiger partial charge is 0.318 e. The highest BCUT2D eigenvalue weighted by atomic mass is 31.1. The highest BCUT2D eigenvalue weighted by Gasteiger charge is 2.37. The predicted molar refractivity (Wildman–Crippen MR) is 125 cm³/mol. The van der Waals surface area contributed by atoms with Gasteiger partial charge in [0.15, 0.2) is 0 Å². The molecule has 140 valence electrons. The average molecular weight is 414 g/mol. The molecule has 0 heterocycles. The van der Waals surface area contributed by atoms with Gasteiger partial charge in [-0.05, 0) is 22.3 Å². The summed E-state index contributed by atoms with van der Waals surface area (Å²) in [4.78, 5) is 11.2. The zero-order chi connectivity index (χ0) is 19.5. The molecule has 0 aromatic heterocycles. The Balaban J connectivity index is 0.000000313. The first-order valence-corrected chi connectivity index (χ1v) is 11.3. The molecule has 3 atom stereocenters. The molecule has 1 N–H and O–H groups in total. The van der Waals surface area contributed by atoms with Crippen LogP contribution in [0.2, 0.25) is 0 Å². The maximum atomic E-state index is 11.9. The summed E-state index contributed by atoms with van der Waals surface area (Å²) in [5.74, 6) is -0.690. The lowest BCUT2D eigenvalue weighted by molar-refractivity contribution is -0.137. The Morgan fingerprint density at radius 2 is 1.19 bits per heavy atom. The van der Waals surface area contributed by atoms with Gasteiger partial charge in [-0.25, -0.2) is 0 Å². The summed E-state index contributed by atoms with van der Waals surface area (Å²) in [7, 11) is 3.20. The second kappa shape index (κ2) is 11.3. The lowest BCUT2D eigenvalue weighted by Crippen LogP contribution is -2.32. The van der Waals surface area contributed by atoms with Gasteiger partial charge in [-0.15, -0.1) is 9.24 Å². The maximum absolute atomic E-state index is 11.9. The quantitative estimate of drug-likeness (QED) is 0.609. The first-order valence-electron chi connectivity index (χ1n) is 8.76. The topological polar surface area (TPSA) is 37.3 Å². The van der Waals surface area contributed by atoms with Crippen molar-refractivity contribution in [1.82, 2.24) is 0 Å². The molecule has 0 saturated heterocycles. The summed E-state index contributed by atoms with van der Waals surface area (Å²) in [5, 5.41) is 13.2. The summed E-state index contributed by atoms with van der Waals surface area (Å²) in [5.41, 5.74) is 0. The van der Waals surface area contributed by atoms with Crippen molar-refractivity contribution < 1.29 is 9.90 Å². The van der Waals surface area contributed by atoms with Crippen molar-refractivity contribution in [2.24, 2.45) is 0 Å². The minimum atomic E-state index is -0.690. The Morgan fingerprint density at radius 3 is 1.44 bits per heavy atom. The van der Waals surface area contributed by atoms with Crippen LogP contribution in [0.25, 0.3) is 0 Å². The Kier molecular flexibility index (Phi) is 9.09. The van der Waals surface area contributed by atoms with Gasteiger partial charge in [0.1, 0.15) is 4.90 Å². The summed E-state index contributed by atoms with van der Waals surface area (Å²) >= 11 is 0. The van der Waals surface area contributed by atoms with Gasteiger partial charge in [0.05, 0.1) is 0 Å². The lowest BCUT2D eigenvalue weighted by Gasteiger charge is -2.28. The summed E-state index contributed by atoms with van der Waals surface area (Å²) < 4.78 is 0. The monoisotopic (exact) mass is 414 g/mol. The van der Waals surface area contributed by atoms with Crippen LogP contribution in [0.1, 0.15) is 13.3 Å². The van der Waals surface area contributed by atoms with E-state index in [1.54, 1.807) is 0 Å². The van der Waals surface area contributed by atoms with E-state index in [0.717, 1.165) is 10.6 Å². The van der Waals surface area contributed by atoms with Crippen LogP contribution in [0.5, 0.6) is 0 Å². The molecule has 0 spiro atoms. The number of benzene rings is 3. The number of carboxylic acid groups (broad SMARTS) is 1. The fourth-order valence-electron chi connectivity index (χ4n) is 2.45. The van der Waals surface area contributed by atoms with Gasteiger partial charge in [0.2, 0.25) is 0 Å². The van der Waals surface area contributed by atoms with Gasteiger partial charge < -0.3 is 5.11 Å². The van der Waals surface area contributed by atoms with Crippen LogP contribution < -0.4 is 15.9 Å². The number of carbonyl (C=O) groups is 1. The highest BCUT2D eigenvalue weighted by Crippen LogP contribution is 2.48. The molecule has 27 heavy (non-hydrogen) atoms. The molecule has 0 bridgehead atoms. The molecule has 0 aliphatic heterocycles. The van der Waals surface area contributed by atoms with Crippen LogP contribution in [0.4, 0.5) is 0 Å². The first-order chi connectivity index (χ1) is 13.1. The molecule has 0 aliphatic rings. The van der Waals surface area contributed by atoms with E-state index in [-0.39, 0.29) is 17.2 Å². The van der Waals surface area contributed by atoms with Crippen molar-refractivity contribution in [3.63, 3.8) is 0 Å². The minimum Gasteiger partial charge on any atom is -0.480 e. The zero-order valence-corrected chi connectivity index (χ0v) is 18.5. The second-order valence-corrected chi connectivity index (χ2v) is 10.5. The van der Waals surface area contributed by atoms with E-state index in [0.29, 0.717) is 6.42 Å². The third kappa shape index (κ3) is 7.15. The van der Waals surface area contributed by atoms with E-state index in [1.165, 1.54) is 5.30 Å². The van der Waals surface area contributed by atoms with Crippen molar-refractivity contribution in [2.75, 3.05) is 0 Å². The van der Waals surface area contributed by atoms with Gasteiger partial charge >= 0.3 is 5.97 Å². The Morgan fingerprint density at radius 1 is 0.815 bits per heavy atom. The molecule has 3 aromatic carbocycles. The predicted octanol–water partition coefficient (Wildman–Crippen LogP) is 4.37. The standard InChI is InChI=1S/C16H18O2P2.C6H7P/c1-2-16(15(17)18,19-13-9-5-3-6-10-13)20-14-11-7-4-8-12-14;7-6-4-2-1-3-5-6/h3-12,19-20H,2H2,1H3,(H,17,18);1-5H,7H2. The zero-order valence-electron chi connectivity index (χ0n) is 15.3. The molecule has 0 amide bonds. The lowest BCUT2D eigenvalue weighted by atomic mass is 10.3. The van der Waals surface area contributed by atoms with E-state index in [1.807, 2.05) is 97.9 Å². The second-order valence-electron chi connectivity index (χ2n) is 5.96. The number of aliphatic carboxylic acids is 1. The van der Waals surface area contributed by atoms with Crippen molar-refractivity contribution in [3.8, 4) is 0 Å². The number of hydrogen-bond donors (Lipinski definition) is 1. The SMILES string of the molecule is CCC(Pc1ccccc1)(Pc1ccccc1)C(=O)O.Pc1ccccc1. The number of rotatable bonds is 6. The first kappa shape index (κ1) is 21.7. The minimum absolute atomic E-state index is 0.285. The Labute approximate surface area is 167 Å². The Bertz CT molecular complexity index is 767. The fourth-order valence-corrected chi connectivity index (χ4v) is 6.06. The van der Waals surface area contributed by atoms with E-state index < -0.39 is 10.9 Å². The van der Waals surface area contributed by atoms with Gasteiger partial charge in [-0.1, -0.05) is 115 Å². The van der Waals surface area contributed by atoms with E-state index >= 15 is 0 Å². The molecule has 2 nitrogen and oxygen atoms in total. The Hall–Kier alpha value is -1.58. The van der Waals surface area contributed by atoms with E-state index in [2.05, 4.69) is 9.24 Å². The van der Waals surface area contributed by atoms with Crippen LogP contribution in [0.15, 0.2) is 91.0 Å². The third-order valence-electron chi connectivity index (χ3n) is 3.96. The van der Waals surface area contributed by atoms with Gasteiger partial charge in [0.25, 0.3) is 0 Å². The van der Waals surface area contributed by atoms with Crippen molar-refractivity contribution in [3.05, 3.63) is 91.0 Å².